The predicted octanol–water partition coefficient (Wildman–Crippen LogP) is -0.111. The van der Waals surface area contributed by atoms with Gasteiger partial charge in [-0.3, -0.25) is 4.79 Å². The highest BCUT2D eigenvalue weighted by Crippen LogP contribution is 2.14. The number of carboxylic acid groups (broad SMARTS) is 1. The Morgan fingerprint density at radius 3 is 2.20 bits per heavy atom. The molecule has 0 aliphatic heterocycles. The molecular formula is C7H10F3NO4. The van der Waals surface area contributed by atoms with Crippen molar-refractivity contribution in [2.24, 2.45) is 0 Å². The molecule has 0 aliphatic carbocycles. The number of carbonyl (C=O) groups is 2. The van der Waals surface area contributed by atoms with Crippen molar-refractivity contribution in [1.82, 2.24) is 5.32 Å². The highest BCUT2D eigenvalue weighted by atomic mass is 19.4. The van der Waals surface area contributed by atoms with Gasteiger partial charge in [0, 0.05) is 12.5 Å². The Hall–Kier alpha value is -1.31. The first-order valence-electron chi connectivity index (χ1n) is 3.93. The number of aliphatic hydroxyl groups excluding tert-OH is 1. The quantitative estimate of drug-likeness (QED) is 0.627. The Bertz CT molecular complexity index is 253. The van der Waals surface area contributed by atoms with Crippen molar-refractivity contribution in [3.8, 4) is 0 Å². The number of hydrogen-bond acceptors (Lipinski definition) is 3. The minimum Gasteiger partial charge on any atom is -0.479 e. The molecule has 2 atom stereocenters. The van der Waals surface area contributed by atoms with Crippen LogP contribution in [0, 0.1) is 0 Å². The van der Waals surface area contributed by atoms with Gasteiger partial charge in [0.15, 0.2) is 6.10 Å². The van der Waals surface area contributed by atoms with Crippen LogP contribution >= 0.6 is 0 Å². The van der Waals surface area contributed by atoms with Crippen molar-refractivity contribution >= 4 is 11.9 Å². The highest BCUT2D eigenvalue weighted by Gasteiger charge is 2.39. The van der Waals surface area contributed by atoms with Crippen LogP contribution in [0.25, 0.3) is 0 Å². The second kappa shape index (κ2) is 4.96. The first kappa shape index (κ1) is 13.7. The van der Waals surface area contributed by atoms with Crippen LogP contribution in [0.5, 0.6) is 0 Å². The van der Waals surface area contributed by atoms with Crippen molar-refractivity contribution in [2.75, 3.05) is 0 Å². The molecule has 0 saturated heterocycles. The highest BCUT2D eigenvalue weighted by molar-refractivity contribution is 5.82. The van der Waals surface area contributed by atoms with Crippen LogP contribution in [0.1, 0.15) is 13.3 Å². The number of aliphatic carboxylic acids is 1. The van der Waals surface area contributed by atoms with Crippen molar-refractivity contribution in [1.29, 1.82) is 0 Å². The SMILES string of the molecule is CC(C[C@H](O)C(=O)O)NC(=O)C(F)(F)F. The van der Waals surface area contributed by atoms with Crippen LogP contribution in [-0.4, -0.2) is 40.4 Å². The zero-order chi connectivity index (χ0) is 12.2. The van der Waals surface area contributed by atoms with E-state index in [9.17, 15) is 22.8 Å². The summed E-state index contributed by atoms with van der Waals surface area (Å²) in [5.74, 6) is -3.71. The summed E-state index contributed by atoms with van der Waals surface area (Å²) in [7, 11) is 0. The van der Waals surface area contributed by atoms with Crippen LogP contribution in [-0.2, 0) is 9.59 Å². The third kappa shape index (κ3) is 5.21. The fourth-order valence-electron chi connectivity index (χ4n) is 0.800. The lowest BCUT2D eigenvalue weighted by molar-refractivity contribution is -0.174. The van der Waals surface area contributed by atoms with Crippen LogP contribution in [0.4, 0.5) is 13.2 Å². The molecule has 1 unspecified atom stereocenters. The maximum absolute atomic E-state index is 11.7. The molecule has 1 amide bonds. The van der Waals surface area contributed by atoms with E-state index >= 15 is 0 Å². The summed E-state index contributed by atoms with van der Waals surface area (Å²) in [5, 5.41) is 18.5. The molecule has 0 saturated carbocycles. The molecule has 15 heavy (non-hydrogen) atoms. The average Bonchev–Trinajstić information content (AvgIpc) is 2.01. The van der Waals surface area contributed by atoms with Gasteiger partial charge in [0.05, 0.1) is 0 Å². The molecule has 0 spiro atoms. The molecule has 0 aromatic heterocycles. The second-order valence-corrected chi connectivity index (χ2v) is 2.96. The smallest absolute Gasteiger partial charge is 0.471 e. The maximum atomic E-state index is 11.7. The topological polar surface area (TPSA) is 86.6 Å². The monoisotopic (exact) mass is 229 g/mol. The molecule has 0 bridgehead atoms. The average molecular weight is 229 g/mol. The molecule has 0 aromatic carbocycles. The summed E-state index contributed by atoms with van der Waals surface area (Å²) in [6, 6.07) is -1.08. The molecule has 0 radical (unpaired) electrons. The van der Waals surface area contributed by atoms with Gasteiger partial charge in [-0.15, -0.1) is 0 Å². The Morgan fingerprint density at radius 2 is 1.87 bits per heavy atom. The van der Waals surface area contributed by atoms with E-state index in [-0.39, 0.29) is 0 Å². The third-order valence-electron chi connectivity index (χ3n) is 1.50. The molecule has 0 heterocycles. The first-order chi connectivity index (χ1) is 6.64. The molecule has 0 aromatic rings. The molecule has 3 N–H and O–H groups in total. The second-order valence-electron chi connectivity index (χ2n) is 2.96. The van der Waals surface area contributed by atoms with E-state index in [4.69, 9.17) is 10.2 Å². The summed E-state index contributed by atoms with van der Waals surface area (Å²) in [5.41, 5.74) is 0. The number of nitrogens with one attached hydrogen (secondary N) is 1. The molecule has 8 heteroatoms. The Labute approximate surface area is 82.9 Å². The van der Waals surface area contributed by atoms with E-state index in [1.165, 1.54) is 5.32 Å². The van der Waals surface area contributed by atoms with E-state index in [2.05, 4.69) is 0 Å². The summed E-state index contributed by atoms with van der Waals surface area (Å²) >= 11 is 0. The van der Waals surface area contributed by atoms with E-state index in [1.54, 1.807) is 0 Å². The molecule has 0 aliphatic rings. The minimum absolute atomic E-state index is 0.489. The number of amides is 1. The van der Waals surface area contributed by atoms with Gasteiger partial charge < -0.3 is 15.5 Å². The lowest BCUT2D eigenvalue weighted by Gasteiger charge is -2.16. The summed E-state index contributed by atoms with van der Waals surface area (Å²) in [4.78, 5) is 20.5. The van der Waals surface area contributed by atoms with E-state index < -0.39 is 36.6 Å². The largest absolute Gasteiger partial charge is 0.479 e. The fraction of sp³-hybridized carbons (Fsp3) is 0.714. The first-order valence-corrected chi connectivity index (χ1v) is 3.93. The maximum Gasteiger partial charge on any atom is 0.471 e. The summed E-state index contributed by atoms with van der Waals surface area (Å²) < 4.78 is 35.1. The van der Waals surface area contributed by atoms with Gasteiger partial charge in [-0.1, -0.05) is 0 Å². The van der Waals surface area contributed by atoms with Crippen LogP contribution < -0.4 is 5.32 Å². The van der Waals surface area contributed by atoms with Gasteiger partial charge >= 0.3 is 18.1 Å². The van der Waals surface area contributed by atoms with Crippen LogP contribution in [0.15, 0.2) is 0 Å². The van der Waals surface area contributed by atoms with Crippen molar-refractivity contribution in [3.63, 3.8) is 0 Å². The zero-order valence-corrected chi connectivity index (χ0v) is 7.71. The normalized spacial score (nSPS) is 15.5. The van der Waals surface area contributed by atoms with E-state index in [0.29, 0.717) is 0 Å². The van der Waals surface area contributed by atoms with Gasteiger partial charge in [0.2, 0.25) is 0 Å². The van der Waals surface area contributed by atoms with Crippen LogP contribution in [0.2, 0.25) is 0 Å². The van der Waals surface area contributed by atoms with Gasteiger partial charge in [0.25, 0.3) is 0 Å². The van der Waals surface area contributed by atoms with Crippen molar-refractivity contribution in [2.45, 2.75) is 31.7 Å². The minimum atomic E-state index is -5.01. The van der Waals surface area contributed by atoms with Crippen molar-refractivity contribution < 1.29 is 33.0 Å². The number of rotatable bonds is 4. The van der Waals surface area contributed by atoms with Gasteiger partial charge in [-0.05, 0) is 6.92 Å². The lowest BCUT2D eigenvalue weighted by Crippen LogP contribution is -2.43. The van der Waals surface area contributed by atoms with Gasteiger partial charge in [-0.25, -0.2) is 4.79 Å². The Morgan fingerprint density at radius 1 is 1.40 bits per heavy atom. The Balaban J connectivity index is 4.10. The van der Waals surface area contributed by atoms with E-state index in [1.807, 2.05) is 0 Å². The van der Waals surface area contributed by atoms with Gasteiger partial charge in [-0.2, -0.15) is 13.2 Å². The number of aliphatic hydroxyl groups is 1. The number of hydrogen-bond donors (Lipinski definition) is 3. The molecule has 0 fully saturated rings. The van der Waals surface area contributed by atoms with Crippen molar-refractivity contribution in [3.05, 3.63) is 0 Å². The van der Waals surface area contributed by atoms with E-state index in [0.717, 1.165) is 6.92 Å². The summed E-state index contributed by atoms with van der Waals surface area (Å²) in [6.45, 7) is 1.16. The number of carbonyl (C=O) groups excluding carboxylic acids is 1. The number of halogens is 3. The molecule has 0 rings (SSSR count). The molecule has 88 valence electrons. The molecular weight excluding hydrogens is 219 g/mol. The number of carboxylic acids is 1. The predicted molar refractivity (Wildman–Crippen MR) is 41.9 cm³/mol. The third-order valence-corrected chi connectivity index (χ3v) is 1.50. The molecule has 5 nitrogen and oxygen atoms in total. The van der Waals surface area contributed by atoms with Gasteiger partial charge in [0.1, 0.15) is 0 Å². The van der Waals surface area contributed by atoms with Crippen LogP contribution in [0.3, 0.4) is 0 Å². The standard InChI is InChI=1S/C7H10F3NO4/c1-3(2-4(12)5(13)14)11-6(15)7(8,9)10/h3-4,12H,2H2,1H3,(H,11,15)(H,13,14)/t3?,4-/m0/s1. The lowest BCUT2D eigenvalue weighted by atomic mass is 10.1. The number of alkyl halides is 3. The Kier molecular flexibility index (Phi) is 4.53. The zero-order valence-electron chi connectivity index (χ0n) is 7.71. The summed E-state index contributed by atoms with van der Waals surface area (Å²) in [6.07, 6.45) is -7.30. The fourth-order valence-corrected chi connectivity index (χ4v) is 0.800.